The number of nitrogens with zero attached hydrogens (tertiary/aromatic N) is 3. The number of pyridine rings is 1. The Bertz CT molecular complexity index is 867. The molecule has 0 amide bonds. The first-order valence-electron chi connectivity index (χ1n) is 8.35. The highest BCUT2D eigenvalue weighted by atomic mass is 35.5. The number of hydrogen-bond acceptors (Lipinski definition) is 5. The van der Waals surface area contributed by atoms with Crippen molar-refractivity contribution in [2.24, 2.45) is 5.16 Å². The van der Waals surface area contributed by atoms with E-state index >= 15 is 0 Å². The fourth-order valence-corrected chi connectivity index (χ4v) is 3.49. The van der Waals surface area contributed by atoms with E-state index in [0.717, 1.165) is 24.0 Å². The Morgan fingerprint density at radius 2 is 2.08 bits per heavy atom. The summed E-state index contributed by atoms with van der Waals surface area (Å²) in [7, 11) is 0. The van der Waals surface area contributed by atoms with E-state index in [9.17, 15) is 9.50 Å². The molecular formula is C19H17ClFN3O2. The minimum absolute atomic E-state index is 0.290. The van der Waals surface area contributed by atoms with Gasteiger partial charge in [0.25, 0.3) is 5.72 Å². The highest BCUT2D eigenvalue weighted by Crippen LogP contribution is 2.40. The van der Waals surface area contributed by atoms with Crippen molar-refractivity contribution in [1.29, 1.82) is 0 Å². The van der Waals surface area contributed by atoms with Crippen LogP contribution in [-0.4, -0.2) is 34.0 Å². The second kappa shape index (κ2) is 6.70. The van der Waals surface area contributed by atoms with Crippen LogP contribution in [0.5, 0.6) is 0 Å². The highest BCUT2D eigenvalue weighted by Gasteiger charge is 2.49. The number of benzene rings is 1. The summed E-state index contributed by atoms with van der Waals surface area (Å²) >= 11 is 5.84. The molecule has 5 nitrogen and oxygen atoms in total. The van der Waals surface area contributed by atoms with Crippen molar-refractivity contribution in [3.8, 4) is 0 Å². The molecule has 0 spiro atoms. The molecule has 2 aliphatic heterocycles. The molecule has 2 aromatic rings. The summed E-state index contributed by atoms with van der Waals surface area (Å²) in [4.78, 5) is 11.7. The van der Waals surface area contributed by atoms with E-state index in [4.69, 9.17) is 16.4 Å². The zero-order chi connectivity index (χ0) is 18.1. The molecule has 0 saturated carbocycles. The second-order valence-electron chi connectivity index (χ2n) is 6.29. The summed E-state index contributed by atoms with van der Waals surface area (Å²) in [5, 5.41) is 14.8. The third-order valence-corrected chi connectivity index (χ3v) is 4.91. The lowest BCUT2D eigenvalue weighted by Crippen LogP contribution is -2.51. The van der Waals surface area contributed by atoms with Crippen LogP contribution < -0.4 is 0 Å². The van der Waals surface area contributed by atoms with Crippen LogP contribution in [0.4, 0.5) is 4.39 Å². The van der Waals surface area contributed by atoms with Crippen LogP contribution in [0.1, 0.15) is 24.0 Å². The fourth-order valence-electron chi connectivity index (χ4n) is 3.38. The third-order valence-electron chi connectivity index (χ3n) is 4.69. The van der Waals surface area contributed by atoms with E-state index < -0.39 is 5.72 Å². The summed E-state index contributed by atoms with van der Waals surface area (Å²) in [6.45, 7) is 0.397. The van der Waals surface area contributed by atoms with Gasteiger partial charge in [0.15, 0.2) is 5.84 Å². The maximum absolute atomic E-state index is 13.3. The molecule has 1 aromatic heterocycles. The van der Waals surface area contributed by atoms with Gasteiger partial charge in [0.1, 0.15) is 17.6 Å². The molecule has 134 valence electrons. The molecule has 1 N–H and O–H groups in total. The number of halogens is 2. The predicted octanol–water partition coefficient (Wildman–Crippen LogP) is 3.54. The normalized spacial score (nSPS) is 23.6. The van der Waals surface area contributed by atoms with Crippen molar-refractivity contribution < 1.29 is 14.3 Å². The lowest BCUT2D eigenvalue weighted by Gasteiger charge is -2.38. The molecule has 0 aliphatic carbocycles. The molecular weight excluding hydrogens is 357 g/mol. The maximum atomic E-state index is 13.3. The van der Waals surface area contributed by atoms with Gasteiger partial charge >= 0.3 is 0 Å². The van der Waals surface area contributed by atoms with Crippen LogP contribution in [0.25, 0.3) is 6.08 Å². The van der Waals surface area contributed by atoms with E-state index in [2.05, 4.69) is 10.1 Å². The topological polar surface area (TPSA) is 58.0 Å². The zero-order valence-corrected chi connectivity index (χ0v) is 14.7. The number of aliphatic hydroxyl groups is 1. The summed E-state index contributed by atoms with van der Waals surface area (Å²) in [5.41, 5.74) is 1.45. The summed E-state index contributed by atoms with van der Waals surface area (Å²) in [6, 6.07) is 9.56. The molecule has 1 fully saturated rings. The quantitative estimate of drug-likeness (QED) is 0.836. The van der Waals surface area contributed by atoms with Crippen molar-refractivity contribution in [2.45, 2.75) is 18.6 Å². The molecule has 0 bridgehead atoms. The Morgan fingerprint density at radius 3 is 2.77 bits per heavy atom. The molecule has 3 heterocycles. The lowest BCUT2D eigenvalue weighted by molar-refractivity contribution is -0.137. The Balaban J connectivity index is 1.68. The summed E-state index contributed by atoms with van der Waals surface area (Å²) in [5.74, 6) is 0.347. The first-order chi connectivity index (χ1) is 12.6. The van der Waals surface area contributed by atoms with Gasteiger partial charge in [-0.05, 0) is 60.4 Å². The Kier molecular flexibility index (Phi) is 4.38. The number of oxime groups is 1. The molecule has 1 atom stereocenters. The van der Waals surface area contributed by atoms with Gasteiger partial charge in [-0.15, -0.1) is 0 Å². The molecule has 1 aromatic carbocycles. The van der Waals surface area contributed by atoms with E-state index in [1.165, 1.54) is 12.1 Å². The average molecular weight is 374 g/mol. The molecule has 2 aliphatic rings. The molecule has 7 heteroatoms. The minimum atomic E-state index is -1.12. The van der Waals surface area contributed by atoms with Crippen molar-refractivity contribution in [1.82, 2.24) is 9.88 Å². The zero-order valence-electron chi connectivity index (χ0n) is 13.9. The Hall–Kier alpha value is -2.44. The fraction of sp³-hybridized carbons (Fsp3) is 0.263. The molecule has 0 radical (unpaired) electrons. The van der Waals surface area contributed by atoms with E-state index in [0.29, 0.717) is 23.1 Å². The van der Waals surface area contributed by atoms with Crippen LogP contribution in [0.3, 0.4) is 0 Å². The van der Waals surface area contributed by atoms with Crippen LogP contribution in [0.15, 0.2) is 53.3 Å². The number of piperidine rings is 1. The maximum Gasteiger partial charge on any atom is 0.260 e. The Labute approximate surface area is 155 Å². The number of rotatable bonds is 3. The van der Waals surface area contributed by atoms with Gasteiger partial charge in [-0.2, -0.15) is 0 Å². The number of aliphatic hydroxyl groups excluding tert-OH is 1. The standard InChI is InChI=1S/C19H17ClFN3O2/c20-17-8-3-13(11-22-17)10-14-2-1-9-24-18(14)23-26-19(24,12-25)15-4-6-16(21)7-5-15/h3-8,10-11,25H,1-2,9,12H2. The van der Waals surface area contributed by atoms with Gasteiger partial charge in [-0.3, -0.25) is 0 Å². The van der Waals surface area contributed by atoms with E-state index in [1.807, 2.05) is 17.0 Å². The van der Waals surface area contributed by atoms with Gasteiger partial charge < -0.3 is 14.8 Å². The van der Waals surface area contributed by atoms with E-state index in [1.54, 1.807) is 24.4 Å². The smallest absolute Gasteiger partial charge is 0.260 e. The summed E-state index contributed by atoms with van der Waals surface area (Å²) < 4.78 is 13.3. The molecule has 1 unspecified atom stereocenters. The van der Waals surface area contributed by atoms with Crippen LogP contribution in [0, 0.1) is 5.82 Å². The Morgan fingerprint density at radius 1 is 1.27 bits per heavy atom. The third kappa shape index (κ3) is 2.85. The van der Waals surface area contributed by atoms with Crippen LogP contribution >= 0.6 is 11.6 Å². The van der Waals surface area contributed by atoms with Crippen LogP contribution in [0.2, 0.25) is 5.15 Å². The van der Waals surface area contributed by atoms with Gasteiger partial charge in [-0.1, -0.05) is 22.8 Å². The minimum Gasteiger partial charge on any atom is -0.390 e. The van der Waals surface area contributed by atoms with Gasteiger partial charge in [0.2, 0.25) is 0 Å². The van der Waals surface area contributed by atoms with Crippen LogP contribution in [-0.2, 0) is 10.6 Å². The number of fused-ring (bicyclic) bond motifs is 1. The molecule has 1 saturated heterocycles. The largest absolute Gasteiger partial charge is 0.390 e. The second-order valence-corrected chi connectivity index (χ2v) is 6.68. The number of hydrogen-bond donors (Lipinski definition) is 1. The van der Waals surface area contributed by atoms with Gasteiger partial charge in [0, 0.05) is 18.3 Å². The van der Waals surface area contributed by atoms with E-state index in [-0.39, 0.29) is 12.4 Å². The first-order valence-corrected chi connectivity index (χ1v) is 8.73. The average Bonchev–Trinajstić information content (AvgIpc) is 3.05. The molecule has 26 heavy (non-hydrogen) atoms. The monoisotopic (exact) mass is 373 g/mol. The summed E-state index contributed by atoms with van der Waals surface area (Å²) in [6.07, 6.45) is 5.42. The SMILES string of the molecule is OCC1(c2ccc(F)cc2)ON=C2C(=Cc3ccc(Cl)nc3)CCCN21. The number of aromatic nitrogens is 1. The highest BCUT2D eigenvalue weighted by molar-refractivity contribution is 6.29. The lowest BCUT2D eigenvalue weighted by atomic mass is 9.95. The number of amidine groups is 1. The van der Waals surface area contributed by atoms with Crippen molar-refractivity contribution in [2.75, 3.05) is 13.2 Å². The molecule has 4 rings (SSSR count). The van der Waals surface area contributed by atoms with Gasteiger partial charge in [0.05, 0.1) is 0 Å². The van der Waals surface area contributed by atoms with Crippen molar-refractivity contribution >= 4 is 23.5 Å². The van der Waals surface area contributed by atoms with Gasteiger partial charge in [-0.25, -0.2) is 9.37 Å². The first kappa shape index (κ1) is 17.0. The van der Waals surface area contributed by atoms with Crippen molar-refractivity contribution in [3.05, 3.63) is 70.3 Å². The predicted molar refractivity (Wildman–Crippen MR) is 96.8 cm³/mol. The van der Waals surface area contributed by atoms with Crippen molar-refractivity contribution in [3.63, 3.8) is 0 Å².